The molecule has 3 heterocycles. The van der Waals surface area contributed by atoms with E-state index in [0.29, 0.717) is 38.0 Å². The third kappa shape index (κ3) is 4.96. The molecule has 2 aromatic carbocycles. The lowest BCUT2D eigenvalue weighted by Gasteiger charge is -2.41. The number of carbonyl (C=O) groups excluding carboxylic acids is 3. The van der Waals surface area contributed by atoms with Crippen molar-refractivity contribution in [2.75, 3.05) is 31.1 Å². The molecular formula is C36H47N3O5. The lowest BCUT2D eigenvalue weighted by molar-refractivity contribution is -0.153. The summed E-state index contributed by atoms with van der Waals surface area (Å²) in [6, 6.07) is 12.2. The Kier molecular flexibility index (Phi) is 9.06. The minimum absolute atomic E-state index is 0.0812. The Morgan fingerprint density at radius 3 is 2.43 bits per heavy atom. The third-order valence-electron chi connectivity index (χ3n) is 10.3. The number of nitrogens with zero attached hydrogens (tertiary/aromatic N) is 3. The molecule has 8 heteroatoms. The van der Waals surface area contributed by atoms with Crippen molar-refractivity contribution < 1.29 is 24.2 Å². The molecule has 5 rings (SSSR count). The van der Waals surface area contributed by atoms with Gasteiger partial charge in [0.1, 0.15) is 11.6 Å². The van der Waals surface area contributed by atoms with Crippen LogP contribution in [0, 0.1) is 17.8 Å². The number of amides is 3. The Bertz CT molecular complexity index is 1440. The maximum Gasteiger partial charge on any atom is 0.253 e. The first-order chi connectivity index (χ1) is 21.1. The van der Waals surface area contributed by atoms with Crippen LogP contribution < -0.4 is 4.90 Å². The molecule has 3 aliphatic rings. The van der Waals surface area contributed by atoms with Crippen LogP contribution in [-0.4, -0.2) is 82.2 Å². The summed E-state index contributed by atoms with van der Waals surface area (Å²) in [7, 11) is 0. The highest BCUT2D eigenvalue weighted by Gasteiger charge is 2.79. The van der Waals surface area contributed by atoms with Crippen LogP contribution in [-0.2, 0) is 19.1 Å². The first-order valence-electron chi connectivity index (χ1n) is 16.1. The fourth-order valence-corrected chi connectivity index (χ4v) is 8.05. The molecule has 8 nitrogen and oxygen atoms in total. The molecule has 3 fully saturated rings. The van der Waals surface area contributed by atoms with Gasteiger partial charge < -0.3 is 24.5 Å². The zero-order chi connectivity index (χ0) is 31.8. The average Bonchev–Trinajstić information content (AvgIpc) is 3.59. The summed E-state index contributed by atoms with van der Waals surface area (Å²) < 4.78 is 6.90. The van der Waals surface area contributed by atoms with Crippen molar-refractivity contribution >= 4 is 34.2 Å². The molecule has 236 valence electrons. The first kappa shape index (κ1) is 31.9. The molecule has 1 spiro atoms. The van der Waals surface area contributed by atoms with Crippen LogP contribution in [0.2, 0.25) is 0 Å². The van der Waals surface area contributed by atoms with Gasteiger partial charge in [-0.25, -0.2) is 0 Å². The van der Waals surface area contributed by atoms with Gasteiger partial charge in [0.25, 0.3) is 5.91 Å². The topological polar surface area (TPSA) is 90.4 Å². The number of benzene rings is 2. The van der Waals surface area contributed by atoms with Gasteiger partial charge >= 0.3 is 0 Å². The van der Waals surface area contributed by atoms with E-state index >= 15 is 4.79 Å². The van der Waals surface area contributed by atoms with Crippen LogP contribution in [0.3, 0.4) is 0 Å². The minimum atomic E-state index is -1.19. The highest BCUT2D eigenvalue weighted by atomic mass is 16.5. The van der Waals surface area contributed by atoms with Crippen molar-refractivity contribution in [3.63, 3.8) is 0 Å². The molecule has 0 aromatic heterocycles. The van der Waals surface area contributed by atoms with Crippen LogP contribution in [0.5, 0.6) is 0 Å². The van der Waals surface area contributed by atoms with E-state index in [2.05, 4.69) is 13.2 Å². The van der Waals surface area contributed by atoms with E-state index in [-0.39, 0.29) is 36.8 Å². The predicted octanol–water partition coefficient (Wildman–Crippen LogP) is 4.96. The lowest BCUT2D eigenvalue weighted by Crippen LogP contribution is -2.60. The molecule has 2 bridgehead atoms. The standard InChI is InChI=1S/C36H47N3O5/c1-7-19-37(20-8-2)32(41)29-30-33(42)39(28(23-40)24(5)10-4)31(36(30)18-17-35(29,6)44-36)34(43)38(21-9-3)27-16-15-25-13-11-12-14-26(25)22-27/h7,9,11-16,22,24,28-31,40H,1,3,8,10,17-21,23H2,2,4-6H3/t24-,28-,29-,30-,31?,35+,36?/m0/s1. The van der Waals surface area contributed by atoms with E-state index in [9.17, 15) is 14.7 Å². The fourth-order valence-electron chi connectivity index (χ4n) is 8.05. The van der Waals surface area contributed by atoms with Gasteiger partial charge in [0, 0.05) is 25.3 Å². The van der Waals surface area contributed by atoms with Crippen molar-refractivity contribution in [3.8, 4) is 0 Å². The Hall–Kier alpha value is -3.49. The zero-order valence-corrected chi connectivity index (χ0v) is 26.6. The van der Waals surface area contributed by atoms with Gasteiger partial charge in [-0.3, -0.25) is 14.4 Å². The first-order valence-corrected chi connectivity index (χ1v) is 16.1. The van der Waals surface area contributed by atoms with Crippen molar-refractivity contribution in [3.05, 3.63) is 67.8 Å². The van der Waals surface area contributed by atoms with E-state index in [1.807, 2.05) is 70.2 Å². The molecule has 2 unspecified atom stereocenters. The molecule has 2 aromatic rings. The smallest absolute Gasteiger partial charge is 0.253 e. The second-order valence-electron chi connectivity index (χ2n) is 13.0. The number of anilines is 1. The summed E-state index contributed by atoms with van der Waals surface area (Å²) in [6.45, 7) is 16.6. The quantitative estimate of drug-likeness (QED) is 0.328. The van der Waals surface area contributed by atoms with Crippen LogP contribution in [0.4, 0.5) is 5.69 Å². The second-order valence-corrected chi connectivity index (χ2v) is 13.0. The summed E-state index contributed by atoms with van der Waals surface area (Å²) in [5.74, 6) is -2.35. The van der Waals surface area contributed by atoms with Gasteiger partial charge in [0.15, 0.2) is 0 Å². The summed E-state index contributed by atoms with van der Waals surface area (Å²) in [5, 5.41) is 12.7. The van der Waals surface area contributed by atoms with Crippen molar-refractivity contribution in [1.82, 2.24) is 9.80 Å². The SMILES string of the molecule is C=CCN(CCC)C(=O)[C@@H]1[C@H]2C(=O)N([C@@H](CO)[C@@H](C)CC)C(C(=O)N(CC=C)c3ccc4ccccc4c3)C23CC[C@@]1(C)O3. The highest BCUT2D eigenvalue weighted by Crippen LogP contribution is 2.64. The molecule has 0 saturated carbocycles. The number of aliphatic hydroxyl groups is 1. The summed E-state index contributed by atoms with van der Waals surface area (Å²) >= 11 is 0. The molecule has 0 aliphatic carbocycles. The Morgan fingerprint density at radius 1 is 1.09 bits per heavy atom. The summed E-state index contributed by atoms with van der Waals surface area (Å²) in [6.07, 6.45) is 5.90. The fraction of sp³-hybridized carbons (Fsp3) is 0.528. The predicted molar refractivity (Wildman–Crippen MR) is 173 cm³/mol. The monoisotopic (exact) mass is 601 g/mol. The number of carbonyl (C=O) groups is 3. The summed E-state index contributed by atoms with van der Waals surface area (Å²) in [4.78, 5) is 49.1. The molecule has 7 atom stereocenters. The van der Waals surface area contributed by atoms with Crippen LogP contribution in [0.15, 0.2) is 67.8 Å². The van der Waals surface area contributed by atoms with E-state index in [1.165, 1.54) is 0 Å². The van der Waals surface area contributed by atoms with E-state index in [1.54, 1.807) is 26.9 Å². The van der Waals surface area contributed by atoms with Crippen molar-refractivity contribution in [2.24, 2.45) is 17.8 Å². The number of likely N-dealkylation sites (tertiary alicyclic amines) is 1. The maximum absolute atomic E-state index is 15.0. The van der Waals surface area contributed by atoms with Gasteiger partial charge in [0.05, 0.1) is 30.1 Å². The highest BCUT2D eigenvalue weighted by molar-refractivity contribution is 6.06. The Balaban J connectivity index is 1.64. The number of aliphatic hydroxyl groups excluding tert-OH is 1. The number of fused-ring (bicyclic) bond motifs is 2. The Morgan fingerprint density at radius 2 is 1.80 bits per heavy atom. The van der Waals surface area contributed by atoms with Crippen molar-refractivity contribution in [1.29, 1.82) is 0 Å². The molecule has 44 heavy (non-hydrogen) atoms. The van der Waals surface area contributed by atoms with Gasteiger partial charge in [0.2, 0.25) is 11.8 Å². The molecule has 3 saturated heterocycles. The van der Waals surface area contributed by atoms with Gasteiger partial charge in [-0.05, 0) is 55.0 Å². The van der Waals surface area contributed by atoms with Crippen LogP contribution in [0.25, 0.3) is 10.8 Å². The molecule has 0 radical (unpaired) electrons. The number of hydrogen-bond donors (Lipinski definition) is 1. The Labute approximate surface area is 261 Å². The number of hydrogen-bond acceptors (Lipinski definition) is 5. The average molecular weight is 602 g/mol. The molecule has 1 N–H and O–H groups in total. The van der Waals surface area contributed by atoms with Gasteiger partial charge in [-0.1, -0.05) is 69.7 Å². The minimum Gasteiger partial charge on any atom is -0.394 e. The van der Waals surface area contributed by atoms with Crippen LogP contribution in [0.1, 0.15) is 53.4 Å². The number of rotatable bonds is 13. The molecule has 3 aliphatic heterocycles. The third-order valence-corrected chi connectivity index (χ3v) is 10.3. The lowest BCUT2D eigenvalue weighted by atomic mass is 9.66. The van der Waals surface area contributed by atoms with Crippen molar-refractivity contribution in [2.45, 2.75) is 76.7 Å². The van der Waals surface area contributed by atoms with Crippen LogP contribution >= 0.6 is 0 Å². The van der Waals surface area contributed by atoms with Gasteiger partial charge in [-0.15, -0.1) is 13.2 Å². The number of ether oxygens (including phenoxy) is 1. The van der Waals surface area contributed by atoms with E-state index in [0.717, 1.165) is 17.2 Å². The maximum atomic E-state index is 15.0. The largest absolute Gasteiger partial charge is 0.394 e. The molecular weight excluding hydrogens is 554 g/mol. The molecule has 3 amide bonds. The normalized spacial score (nSPS) is 28.5. The van der Waals surface area contributed by atoms with E-state index < -0.39 is 35.1 Å². The zero-order valence-electron chi connectivity index (χ0n) is 26.6. The summed E-state index contributed by atoms with van der Waals surface area (Å²) in [5.41, 5.74) is -1.38. The second kappa shape index (κ2) is 12.5. The van der Waals surface area contributed by atoms with E-state index in [4.69, 9.17) is 4.74 Å². The van der Waals surface area contributed by atoms with Gasteiger partial charge in [-0.2, -0.15) is 0 Å².